The van der Waals surface area contributed by atoms with Crippen molar-refractivity contribution in [1.29, 1.82) is 0 Å². The summed E-state index contributed by atoms with van der Waals surface area (Å²) in [5.41, 5.74) is 0.395. The lowest BCUT2D eigenvalue weighted by atomic mass is 9.44. The van der Waals surface area contributed by atoms with Gasteiger partial charge in [0, 0.05) is 11.8 Å². The summed E-state index contributed by atoms with van der Waals surface area (Å²) in [6.45, 7) is 7.20. The molecule has 4 aliphatic carbocycles. The van der Waals surface area contributed by atoms with Crippen molar-refractivity contribution in [3.8, 4) is 0 Å². The lowest BCUT2D eigenvalue weighted by Gasteiger charge is -2.61. The smallest absolute Gasteiger partial charge is 0.161 e. The number of aliphatic hydroxyl groups excluding tert-OH is 1. The van der Waals surface area contributed by atoms with Crippen LogP contribution in [0.25, 0.3) is 0 Å². The first kappa shape index (κ1) is 16.1. The van der Waals surface area contributed by atoms with Gasteiger partial charge in [0.15, 0.2) is 5.78 Å². The van der Waals surface area contributed by atoms with Crippen molar-refractivity contribution >= 4 is 5.78 Å². The standard InChI is InChI=1S/C21H34O2/c1-4-13-6-9-16-15-8-5-14-7-10-18(22)19(23)21(14,3)17(15)11-12-20(13,16)2/h13-17,19,23H,4-12H2,1-3H3/t13-,14-,15-,16-,17-,19?,20+,21-/m0/s1. The molecule has 1 unspecified atom stereocenters. The minimum Gasteiger partial charge on any atom is -0.385 e. The molecule has 4 aliphatic rings. The highest BCUT2D eigenvalue weighted by Gasteiger charge is 2.62. The van der Waals surface area contributed by atoms with Gasteiger partial charge in [-0.2, -0.15) is 0 Å². The van der Waals surface area contributed by atoms with E-state index in [-0.39, 0.29) is 11.2 Å². The Kier molecular flexibility index (Phi) is 3.72. The van der Waals surface area contributed by atoms with Gasteiger partial charge < -0.3 is 5.11 Å². The van der Waals surface area contributed by atoms with Gasteiger partial charge in [0.05, 0.1) is 0 Å². The summed E-state index contributed by atoms with van der Waals surface area (Å²) in [6, 6.07) is 0. The third kappa shape index (κ3) is 2.00. The molecule has 0 aromatic heterocycles. The molecule has 1 N–H and O–H groups in total. The van der Waals surface area contributed by atoms with Crippen LogP contribution in [-0.2, 0) is 4.79 Å². The maximum Gasteiger partial charge on any atom is 0.161 e. The molecule has 0 heterocycles. The first-order valence-corrected chi connectivity index (χ1v) is 10.1. The molecule has 23 heavy (non-hydrogen) atoms. The third-order valence-corrected chi connectivity index (χ3v) is 9.29. The van der Waals surface area contributed by atoms with Crippen LogP contribution in [0.4, 0.5) is 0 Å². The lowest BCUT2D eigenvalue weighted by Crippen LogP contribution is -2.59. The summed E-state index contributed by atoms with van der Waals surface area (Å²) >= 11 is 0. The molecule has 2 nitrogen and oxygen atoms in total. The quantitative estimate of drug-likeness (QED) is 0.767. The zero-order chi connectivity index (χ0) is 16.4. The van der Waals surface area contributed by atoms with E-state index in [1.165, 1.54) is 44.9 Å². The van der Waals surface area contributed by atoms with Crippen LogP contribution < -0.4 is 0 Å². The Balaban J connectivity index is 1.67. The van der Waals surface area contributed by atoms with Gasteiger partial charge in [-0.1, -0.05) is 27.2 Å². The second-order valence-electron chi connectivity index (χ2n) is 9.65. The van der Waals surface area contributed by atoms with E-state index in [4.69, 9.17) is 0 Å². The molecule has 4 fully saturated rings. The number of carbonyl (C=O) groups excluding carboxylic acids is 1. The first-order chi connectivity index (χ1) is 10.9. The van der Waals surface area contributed by atoms with Gasteiger partial charge in [-0.15, -0.1) is 0 Å². The van der Waals surface area contributed by atoms with E-state index in [0.717, 1.165) is 24.2 Å². The molecule has 0 radical (unpaired) electrons. The number of hydrogen-bond acceptors (Lipinski definition) is 2. The Morgan fingerprint density at radius 1 is 1.04 bits per heavy atom. The summed E-state index contributed by atoms with van der Waals surface area (Å²) in [6.07, 6.45) is 10.2. The Hall–Kier alpha value is -0.370. The summed E-state index contributed by atoms with van der Waals surface area (Å²) < 4.78 is 0. The first-order valence-electron chi connectivity index (χ1n) is 10.1. The van der Waals surface area contributed by atoms with E-state index in [2.05, 4.69) is 20.8 Å². The molecule has 0 spiro atoms. The molecular formula is C21H34O2. The average Bonchev–Trinajstić information content (AvgIpc) is 2.88. The molecule has 4 rings (SSSR count). The van der Waals surface area contributed by atoms with Crippen molar-refractivity contribution in [1.82, 2.24) is 0 Å². The number of rotatable bonds is 1. The summed E-state index contributed by atoms with van der Waals surface area (Å²) in [7, 11) is 0. The van der Waals surface area contributed by atoms with E-state index < -0.39 is 6.10 Å². The number of aliphatic hydroxyl groups is 1. The predicted molar refractivity (Wildman–Crippen MR) is 91.9 cm³/mol. The van der Waals surface area contributed by atoms with E-state index >= 15 is 0 Å². The van der Waals surface area contributed by atoms with E-state index in [1.807, 2.05) is 0 Å². The zero-order valence-electron chi connectivity index (χ0n) is 15.2. The minimum atomic E-state index is -0.693. The fourth-order valence-corrected chi connectivity index (χ4v) is 7.93. The predicted octanol–water partition coefficient (Wildman–Crippen LogP) is 4.60. The van der Waals surface area contributed by atoms with Gasteiger partial charge in [-0.25, -0.2) is 0 Å². The Bertz CT molecular complexity index is 500. The molecular weight excluding hydrogens is 284 g/mol. The number of fused-ring (bicyclic) bond motifs is 5. The molecule has 0 aromatic rings. The third-order valence-electron chi connectivity index (χ3n) is 9.29. The van der Waals surface area contributed by atoms with Crippen LogP contribution in [0.5, 0.6) is 0 Å². The number of Topliss-reactive ketones (excluding diaryl/α,β-unsaturated/α-hetero) is 1. The lowest BCUT2D eigenvalue weighted by molar-refractivity contribution is -0.174. The van der Waals surface area contributed by atoms with E-state index in [1.54, 1.807) is 0 Å². The van der Waals surface area contributed by atoms with Gasteiger partial charge >= 0.3 is 0 Å². The number of carbonyl (C=O) groups is 1. The van der Waals surface area contributed by atoms with Crippen molar-refractivity contribution in [2.24, 2.45) is 40.4 Å². The SMILES string of the molecule is CC[C@H]1CC[C@H]2[C@@H]3CC[C@H]4CCC(=O)C(O)[C@]4(C)[C@H]3CC[C@]12C. The molecule has 2 heteroatoms. The summed E-state index contributed by atoms with van der Waals surface area (Å²) in [5.74, 6) is 3.77. The fourth-order valence-electron chi connectivity index (χ4n) is 7.93. The molecule has 0 bridgehead atoms. The maximum atomic E-state index is 12.3. The minimum absolute atomic E-state index is 0.121. The van der Waals surface area contributed by atoms with Crippen LogP contribution in [0.1, 0.15) is 78.6 Å². The fraction of sp³-hybridized carbons (Fsp3) is 0.952. The summed E-state index contributed by atoms with van der Waals surface area (Å²) in [4.78, 5) is 12.3. The van der Waals surface area contributed by atoms with Crippen LogP contribution in [0.3, 0.4) is 0 Å². The molecule has 0 aromatic carbocycles. The Morgan fingerprint density at radius 3 is 2.57 bits per heavy atom. The van der Waals surface area contributed by atoms with Crippen LogP contribution in [0.2, 0.25) is 0 Å². The topological polar surface area (TPSA) is 37.3 Å². The second kappa shape index (κ2) is 5.31. The number of hydrogen-bond donors (Lipinski definition) is 1. The van der Waals surface area contributed by atoms with E-state index in [0.29, 0.717) is 23.7 Å². The van der Waals surface area contributed by atoms with Gasteiger partial charge in [0.2, 0.25) is 0 Å². The van der Waals surface area contributed by atoms with Crippen molar-refractivity contribution in [2.45, 2.75) is 84.7 Å². The molecule has 130 valence electrons. The molecule has 0 amide bonds. The van der Waals surface area contributed by atoms with E-state index in [9.17, 15) is 9.90 Å². The second-order valence-corrected chi connectivity index (χ2v) is 9.65. The monoisotopic (exact) mass is 318 g/mol. The Morgan fingerprint density at radius 2 is 1.83 bits per heavy atom. The van der Waals surface area contributed by atoms with Gasteiger partial charge in [0.25, 0.3) is 0 Å². The molecule has 8 atom stereocenters. The van der Waals surface area contributed by atoms with Crippen LogP contribution >= 0.6 is 0 Å². The van der Waals surface area contributed by atoms with Gasteiger partial charge in [-0.3, -0.25) is 4.79 Å². The summed E-state index contributed by atoms with van der Waals surface area (Å²) in [5, 5.41) is 10.8. The van der Waals surface area contributed by atoms with Gasteiger partial charge in [-0.05, 0) is 80.0 Å². The maximum absolute atomic E-state index is 12.3. The highest BCUT2D eigenvalue weighted by Crippen LogP contribution is 2.67. The van der Waals surface area contributed by atoms with Crippen LogP contribution in [0, 0.1) is 40.4 Å². The van der Waals surface area contributed by atoms with Crippen molar-refractivity contribution in [3.63, 3.8) is 0 Å². The van der Waals surface area contributed by atoms with Crippen molar-refractivity contribution in [3.05, 3.63) is 0 Å². The van der Waals surface area contributed by atoms with Crippen LogP contribution in [-0.4, -0.2) is 17.0 Å². The molecule has 4 saturated carbocycles. The Labute approximate surface area is 141 Å². The number of ketones is 1. The van der Waals surface area contributed by atoms with Crippen molar-refractivity contribution in [2.75, 3.05) is 0 Å². The highest BCUT2D eigenvalue weighted by molar-refractivity contribution is 5.84. The highest BCUT2D eigenvalue weighted by atomic mass is 16.3. The normalized spacial score (nSPS) is 55.9. The van der Waals surface area contributed by atoms with Gasteiger partial charge in [0.1, 0.15) is 6.10 Å². The molecule has 0 aliphatic heterocycles. The van der Waals surface area contributed by atoms with Crippen LogP contribution in [0.15, 0.2) is 0 Å². The van der Waals surface area contributed by atoms with Crippen molar-refractivity contribution < 1.29 is 9.90 Å². The zero-order valence-corrected chi connectivity index (χ0v) is 15.2. The largest absolute Gasteiger partial charge is 0.385 e. The average molecular weight is 319 g/mol. The molecule has 0 saturated heterocycles.